The standard InChI is InChI=1S/C10H13N3O2S/c1-2-15-9-5-7(3-4-8(9)14)6-12-13-10(11)16/h3-6,14H,2H2,1H3,(H3,11,13,16)/p+1/b12-6+. The maximum Gasteiger partial charge on any atom is 0.221 e. The summed E-state index contributed by atoms with van der Waals surface area (Å²) in [7, 11) is 0. The van der Waals surface area contributed by atoms with Crippen LogP contribution in [0.5, 0.6) is 11.5 Å². The van der Waals surface area contributed by atoms with Crippen LogP contribution in [0.25, 0.3) is 0 Å². The molecule has 0 aromatic heterocycles. The number of nitrogens with two attached hydrogens (primary N) is 1. The van der Waals surface area contributed by atoms with E-state index in [9.17, 15) is 5.11 Å². The van der Waals surface area contributed by atoms with Crippen molar-refractivity contribution in [1.29, 1.82) is 0 Å². The smallest absolute Gasteiger partial charge is 0.221 e. The number of nitrogens with one attached hydrogen (secondary N) is 2. The third-order valence-electron chi connectivity index (χ3n) is 1.72. The molecule has 1 aromatic carbocycles. The molecule has 1 rings (SSSR count). The van der Waals surface area contributed by atoms with Gasteiger partial charge in [0.1, 0.15) is 0 Å². The number of thiocarbonyl (C=S) groups is 1. The molecule has 0 heterocycles. The molecule has 0 saturated carbocycles. The summed E-state index contributed by atoms with van der Waals surface area (Å²) in [6, 6.07) is 4.98. The van der Waals surface area contributed by atoms with Crippen LogP contribution in [0.3, 0.4) is 0 Å². The van der Waals surface area contributed by atoms with Crippen LogP contribution in [0.15, 0.2) is 18.2 Å². The summed E-state index contributed by atoms with van der Waals surface area (Å²) < 4.78 is 5.24. The molecule has 5 nitrogen and oxygen atoms in total. The molecule has 0 aliphatic heterocycles. The highest BCUT2D eigenvalue weighted by Crippen LogP contribution is 2.25. The monoisotopic (exact) mass is 240 g/mol. The third kappa shape index (κ3) is 3.74. The van der Waals surface area contributed by atoms with Gasteiger partial charge in [-0.3, -0.25) is 0 Å². The van der Waals surface area contributed by atoms with Gasteiger partial charge in [0.15, 0.2) is 17.7 Å². The number of hydrogen-bond acceptors (Lipinski definition) is 3. The quantitative estimate of drug-likeness (QED) is 0.309. The summed E-state index contributed by atoms with van der Waals surface area (Å²) in [5.41, 5.74) is 8.62. The van der Waals surface area contributed by atoms with Gasteiger partial charge in [0, 0.05) is 5.56 Å². The van der Waals surface area contributed by atoms with E-state index in [0.717, 1.165) is 5.56 Å². The Morgan fingerprint density at radius 2 is 2.44 bits per heavy atom. The highest BCUT2D eigenvalue weighted by atomic mass is 32.1. The van der Waals surface area contributed by atoms with Gasteiger partial charge >= 0.3 is 0 Å². The van der Waals surface area contributed by atoms with Crippen LogP contribution in [-0.4, -0.2) is 23.0 Å². The summed E-state index contributed by atoms with van der Waals surface area (Å²) in [5, 5.41) is 12.3. The Bertz CT molecular complexity index is 407. The van der Waals surface area contributed by atoms with E-state index in [1.165, 1.54) is 0 Å². The molecular weight excluding hydrogens is 226 g/mol. The number of hydrazone groups is 1. The predicted octanol–water partition coefficient (Wildman–Crippen LogP) is -0.961. The second kappa shape index (κ2) is 5.92. The normalized spacial score (nSPS) is 10.3. The second-order valence-electron chi connectivity index (χ2n) is 2.94. The van der Waals surface area contributed by atoms with Gasteiger partial charge in [-0.15, -0.1) is 10.5 Å². The third-order valence-corrected chi connectivity index (χ3v) is 1.82. The molecular formula is C10H14N3O2S+. The fourth-order valence-corrected chi connectivity index (χ4v) is 1.14. The largest absolute Gasteiger partial charge is 0.504 e. The molecule has 16 heavy (non-hydrogen) atoms. The number of ether oxygens (including phenoxy) is 1. The van der Waals surface area contributed by atoms with Crippen LogP contribution in [-0.2, 0) is 0 Å². The number of phenolic OH excluding ortho intramolecular Hbond substituents is 1. The van der Waals surface area contributed by atoms with Crippen LogP contribution in [0.1, 0.15) is 12.5 Å². The van der Waals surface area contributed by atoms with Gasteiger partial charge in [0.05, 0.1) is 6.61 Å². The van der Waals surface area contributed by atoms with Crippen LogP contribution < -0.4 is 21.0 Å². The zero-order valence-corrected chi connectivity index (χ0v) is 9.67. The van der Waals surface area contributed by atoms with E-state index in [-0.39, 0.29) is 10.9 Å². The zero-order valence-electron chi connectivity index (χ0n) is 8.86. The molecule has 0 bridgehead atoms. The van der Waals surface area contributed by atoms with Crippen LogP contribution in [0, 0.1) is 0 Å². The minimum Gasteiger partial charge on any atom is -0.504 e. The molecule has 0 saturated heterocycles. The molecule has 86 valence electrons. The first kappa shape index (κ1) is 12.3. The number of phenols is 1. The van der Waals surface area contributed by atoms with Crippen molar-refractivity contribution < 1.29 is 14.9 Å². The second-order valence-corrected chi connectivity index (χ2v) is 3.38. The summed E-state index contributed by atoms with van der Waals surface area (Å²) >= 11 is 4.62. The molecule has 0 aliphatic carbocycles. The van der Waals surface area contributed by atoms with Crippen LogP contribution >= 0.6 is 12.2 Å². The van der Waals surface area contributed by atoms with Gasteiger partial charge in [-0.25, -0.2) is 0 Å². The molecule has 5 N–H and O–H groups in total. The Morgan fingerprint density at radius 3 is 3.06 bits per heavy atom. The molecule has 0 radical (unpaired) electrons. The van der Waals surface area contributed by atoms with E-state index in [0.29, 0.717) is 12.4 Å². The van der Waals surface area contributed by atoms with E-state index < -0.39 is 0 Å². The fraction of sp³-hybridized carbons (Fsp3) is 0.200. The molecule has 6 heteroatoms. The molecule has 0 amide bonds. The van der Waals surface area contributed by atoms with E-state index in [2.05, 4.69) is 22.7 Å². The number of benzene rings is 1. The first-order chi connectivity index (χ1) is 7.63. The topological polar surface area (TPSA) is 81.5 Å². The van der Waals surface area contributed by atoms with Crippen molar-refractivity contribution in [3.05, 3.63) is 23.8 Å². The SMILES string of the molecule is CCOc1cc(/C=[NH+]/NC(N)=S)ccc1O. The van der Waals surface area contributed by atoms with Gasteiger partial charge < -0.3 is 15.6 Å². The van der Waals surface area contributed by atoms with Crippen LogP contribution in [0.4, 0.5) is 0 Å². The van der Waals surface area contributed by atoms with E-state index in [1.54, 1.807) is 24.4 Å². The highest BCUT2D eigenvalue weighted by molar-refractivity contribution is 7.80. The van der Waals surface area contributed by atoms with Crippen molar-refractivity contribution in [2.75, 3.05) is 6.61 Å². The van der Waals surface area contributed by atoms with E-state index in [4.69, 9.17) is 10.5 Å². The molecule has 0 fully saturated rings. The Kier molecular flexibility index (Phi) is 4.53. The van der Waals surface area contributed by atoms with Crippen molar-refractivity contribution in [3.8, 4) is 11.5 Å². The van der Waals surface area contributed by atoms with Gasteiger partial charge in [0.25, 0.3) is 0 Å². The molecule has 0 spiro atoms. The number of hydrogen-bond donors (Lipinski definition) is 4. The number of aromatic hydroxyl groups is 1. The lowest BCUT2D eigenvalue weighted by atomic mass is 10.2. The molecule has 0 unspecified atom stereocenters. The lowest BCUT2D eigenvalue weighted by Gasteiger charge is -2.04. The lowest BCUT2D eigenvalue weighted by molar-refractivity contribution is -0.499. The molecule has 1 aromatic rings. The maximum atomic E-state index is 9.46. The first-order valence-electron chi connectivity index (χ1n) is 4.73. The molecule has 0 atom stereocenters. The van der Waals surface area contributed by atoms with Gasteiger partial charge in [0.2, 0.25) is 5.11 Å². The maximum absolute atomic E-state index is 9.46. The average Bonchev–Trinajstić information content (AvgIpc) is 2.22. The minimum absolute atomic E-state index is 0.112. The van der Waals surface area contributed by atoms with Crippen LogP contribution in [0.2, 0.25) is 0 Å². The van der Waals surface area contributed by atoms with E-state index >= 15 is 0 Å². The average molecular weight is 240 g/mol. The summed E-state index contributed by atoms with van der Waals surface area (Å²) in [6.45, 7) is 2.35. The van der Waals surface area contributed by atoms with Gasteiger partial charge in [-0.2, -0.15) is 0 Å². The highest BCUT2D eigenvalue weighted by Gasteiger charge is 2.03. The Labute approximate surface area is 98.9 Å². The van der Waals surface area contributed by atoms with Gasteiger partial charge in [-0.05, 0) is 37.3 Å². The Hall–Kier alpha value is -1.82. The summed E-state index contributed by atoms with van der Waals surface area (Å²) in [5.74, 6) is 0.551. The summed E-state index contributed by atoms with van der Waals surface area (Å²) in [6.07, 6.45) is 1.65. The zero-order chi connectivity index (χ0) is 12.0. The van der Waals surface area contributed by atoms with Gasteiger partial charge in [-0.1, -0.05) is 0 Å². The number of rotatable bonds is 4. The Morgan fingerprint density at radius 1 is 1.69 bits per heavy atom. The van der Waals surface area contributed by atoms with Crippen molar-refractivity contribution in [2.24, 2.45) is 5.73 Å². The van der Waals surface area contributed by atoms with E-state index in [1.807, 2.05) is 6.92 Å². The first-order valence-corrected chi connectivity index (χ1v) is 5.14. The lowest BCUT2D eigenvalue weighted by Crippen LogP contribution is -2.82. The number of hydrazine groups is 1. The van der Waals surface area contributed by atoms with Crippen molar-refractivity contribution >= 4 is 23.5 Å². The fourth-order valence-electron chi connectivity index (χ4n) is 1.08. The van der Waals surface area contributed by atoms with Crippen molar-refractivity contribution in [1.82, 2.24) is 5.43 Å². The predicted molar refractivity (Wildman–Crippen MR) is 65.3 cm³/mol. The minimum atomic E-state index is 0.112. The van der Waals surface area contributed by atoms with Crippen molar-refractivity contribution in [3.63, 3.8) is 0 Å². The molecule has 0 aliphatic rings. The Balaban J connectivity index is 2.77. The summed E-state index contributed by atoms with van der Waals surface area (Å²) in [4.78, 5) is 0. The van der Waals surface area contributed by atoms with Crippen molar-refractivity contribution in [2.45, 2.75) is 6.92 Å².